The minimum atomic E-state index is -4.60. The number of halogens is 3. The number of amides is 1. The van der Waals surface area contributed by atoms with Crippen LogP contribution in [0.5, 0.6) is 0 Å². The Balaban J connectivity index is 1.70. The zero-order chi connectivity index (χ0) is 25.4. The van der Waals surface area contributed by atoms with Gasteiger partial charge in [0.05, 0.1) is 12.1 Å². The van der Waals surface area contributed by atoms with E-state index in [0.717, 1.165) is 37.7 Å². The summed E-state index contributed by atoms with van der Waals surface area (Å²) in [4.78, 5) is 21.1. The minimum Gasteiger partial charge on any atom is -0.368 e. The summed E-state index contributed by atoms with van der Waals surface area (Å²) in [5.41, 5.74) is 0.885. The molecule has 0 radical (unpaired) electrons. The predicted octanol–water partition coefficient (Wildman–Crippen LogP) is 3.66. The number of nitrogens with zero attached hydrogens (tertiary/aromatic N) is 4. The molecule has 1 aromatic carbocycles. The molecule has 0 saturated carbocycles. The van der Waals surface area contributed by atoms with E-state index in [1.54, 1.807) is 24.4 Å². The average Bonchev–Trinajstić information content (AvgIpc) is 2.85. The molecular weight excluding hydrogens is 457 g/mol. The second-order valence-corrected chi connectivity index (χ2v) is 8.95. The van der Waals surface area contributed by atoms with Gasteiger partial charge in [-0.3, -0.25) is 10.1 Å². The second kappa shape index (κ2) is 11.9. The molecule has 35 heavy (non-hydrogen) atoms. The molecular formula is C25H31F3N6O. The van der Waals surface area contributed by atoms with Crippen molar-refractivity contribution in [2.45, 2.75) is 38.5 Å². The van der Waals surface area contributed by atoms with E-state index in [2.05, 4.69) is 25.4 Å². The number of carbonyl (C=O) groups is 1. The Labute approximate surface area is 203 Å². The van der Waals surface area contributed by atoms with Gasteiger partial charge in [-0.2, -0.15) is 18.4 Å². The monoisotopic (exact) mass is 488 g/mol. The van der Waals surface area contributed by atoms with Crippen LogP contribution in [0.4, 0.5) is 24.7 Å². The summed E-state index contributed by atoms with van der Waals surface area (Å²) in [6, 6.07) is 10.8. The van der Waals surface area contributed by atoms with E-state index >= 15 is 0 Å². The Morgan fingerprint density at radius 1 is 1.09 bits per heavy atom. The van der Waals surface area contributed by atoms with Crippen LogP contribution in [-0.2, 0) is 4.79 Å². The first-order valence-corrected chi connectivity index (χ1v) is 11.7. The van der Waals surface area contributed by atoms with Crippen molar-refractivity contribution in [3.63, 3.8) is 0 Å². The first kappa shape index (κ1) is 26.3. The largest absolute Gasteiger partial charge is 0.407 e. The third-order valence-electron chi connectivity index (χ3n) is 5.90. The van der Waals surface area contributed by atoms with Gasteiger partial charge in [0.2, 0.25) is 5.91 Å². The van der Waals surface area contributed by atoms with Crippen molar-refractivity contribution < 1.29 is 18.0 Å². The molecule has 2 atom stereocenters. The van der Waals surface area contributed by atoms with Crippen molar-refractivity contribution in [1.29, 1.82) is 5.26 Å². The molecule has 1 aliphatic heterocycles. The molecule has 1 saturated heterocycles. The highest BCUT2D eigenvalue weighted by atomic mass is 19.4. The zero-order valence-corrected chi connectivity index (χ0v) is 19.9. The number of carbonyl (C=O) groups excluding carboxylic acids is 1. The van der Waals surface area contributed by atoms with Gasteiger partial charge in [0, 0.05) is 38.1 Å². The second-order valence-electron chi connectivity index (χ2n) is 8.95. The van der Waals surface area contributed by atoms with E-state index in [9.17, 15) is 18.0 Å². The van der Waals surface area contributed by atoms with Crippen molar-refractivity contribution in [1.82, 2.24) is 15.6 Å². The molecule has 0 aliphatic carbocycles. The number of anilines is 2. The highest BCUT2D eigenvalue weighted by molar-refractivity contribution is 5.82. The number of aromatic nitrogens is 1. The number of benzene rings is 1. The van der Waals surface area contributed by atoms with Crippen LogP contribution in [0.15, 0.2) is 48.7 Å². The van der Waals surface area contributed by atoms with E-state index in [1.165, 1.54) is 12.1 Å². The minimum absolute atomic E-state index is 0.0126. The van der Waals surface area contributed by atoms with Gasteiger partial charge in [-0.25, -0.2) is 4.98 Å². The van der Waals surface area contributed by atoms with E-state index in [1.807, 2.05) is 32.0 Å². The summed E-state index contributed by atoms with van der Waals surface area (Å²) in [5.74, 6) is 0.287. The van der Waals surface area contributed by atoms with Crippen molar-refractivity contribution in [3.05, 3.63) is 54.2 Å². The molecule has 1 aliphatic rings. The Kier molecular flexibility index (Phi) is 8.93. The van der Waals surface area contributed by atoms with E-state index < -0.39 is 24.2 Å². The molecule has 0 spiro atoms. The summed E-state index contributed by atoms with van der Waals surface area (Å²) in [6.07, 6.45) is -2.63. The molecule has 0 bridgehead atoms. The van der Waals surface area contributed by atoms with Crippen molar-refractivity contribution >= 4 is 17.4 Å². The first-order chi connectivity index (χ1) is 16.7. The lowest BCUT2D eigenvalue weighted by Crippen LogP contribution is -2.49. The fourth-order valence-corrected chi connectivity index (χ4v) is 4.17. The van der Waals surface area contributed by atoms with Gasteiger partial charge in [0.25, 0.3) is 0 Å². The van der Waals surface area contributed by atoms with Gasteiger partial charge in [-0.1, -0.05) is 32.0 Å². The van der Waals surface area contributed by atoms with Crippen LogP contribution in [0, 0.1) is 17.2 Å². The summed E-state index contributed by atoms with van der Waals surface area (Å²) in [7, 11) is 0. The quantitative estimate of drug-likeness (QED) is 0.524. The van der Waals surface area contributed by atoms with Crippen LogP contribution in [0.2, 0.25) is 0 Å². The van der Waals surface area contributed by atoms with Crippen LogP contribution in [-0.4, -0.2) is 55.8 Å². The Morgan fingerprint density at radius 2 is 1.74 bits per heavy atom. The molecule has 1 fully saturated rings. The number of hydrogen-bond donors (Lipinski definition) is 2. The fourth-order valence-electron chi connectivity index (χ4n) is 4.17. The molecule has 7 nitrogen and oxygen atoms in total. The van der Waals surface area contributed by atoms with Gasteiger partial charge in [-0.15, -0.1) is 0 Å². The van der Waals surface area contributed by atoms with Gasteiger partial charge in [0.1, 0.15) is 18.4 Å². The molecule has 10 heteroatoms. The van der Waals surface area contributed by atoms with Gasteiger partial charge in [0.15, 0.2) is 0 Å². The number of rotatable bonds is 9. The first-order valence-electron chi connectivity index (χ1n) is 11.7. The summed E-state index contributed by atoms with van der Waals surface area (Å²) < 4.78 is 42.0. The summed E-state index contributed by atoms with van der Waals surface area (Å²) in [6.45, 7) is 6.39. The van der Waals surface area contributed by atoms with E-state index in [-0.39, 0.29) is 24.4 Å². The third kappa shape index (κ3) is 7.33. The number of piperazine rings is 1. The maximum Gasteiger partial charge on any atom is 0.407 e. The highest BCUT2D eigenvalue weighted by Gasteiger charge is 2.43. The SMILES string of the molecule is CC(C)C[C@H](NC(c1ccc(N2CCN(c3ccccn3)CC2)cc1)C(F)(F)F)C(=O)NCC#N. The lowest BCUT2D eigenvalue weighted by Gasteiger charge is -2.37. The summed E-state index contributed by atoms with van der Waals surface area (Å²) in [5, 5.41) is 13.6. The maximum atomic E-state index is 14.0. The van der Waals surface area contributed by atoms with Crippen molar-refractivity contribution in [3.8, 4) is 6.07 Å². The van der Waals surface area contributed by atoms with Crippen LogP contribution in [0.3, 0.4) is 0 Å². The average molecular weight is 489 g/mol. The lowest BCUT2D eigenvalue weighted by molar-refractivity contribution is -0.161. The third-order valence-corrected chi connectivity index (χ3v) is 5.90. The molecule has 2 N–H and O–H groups in total. The predicted molar refractivity (Wildman–Crippen MR) is 129 cm³/mol. The number of alkyl halides is 3. The smallest absolute Gasteiger partial charge is 0.368 e. The molecule has 1 unspecified atom stereocenters. The Morgan fingerprint density at radius 3 is 2.29 bits per heavy atom. The van der Waals surface area contributed by atoms with Crippen LogP contribution in [0.25, 0.3) is 0 Å². The number of pyridine rings is 1. The normalized spacial score (nSPS) is 16.0. The molecule has 188 valence electrons. The van der Waals surface area contributed by atoms with Crippen molar-refractivity contribution in [2.75, 3.05) is 42.5 Å². The maximum absolute atomic E-state index is 14.0. The fraction of sp³-hybridized carbons (Fsp3) is 0.480. The highest BCUT2D eigenvalue weighted by Crippen LogP contribution is 2.34. The van der Waals surface area contributed by atoms with Crippen LogP contribution < -0.4 is 20.4 Å². The number of nitriles is 1. The van der Waals surface area contributed by atoms with Crippen molar-refractivity contribution in [2.24, 2.45) is 5.92 Å². The van der Waals surface area contributed by atoms with Crippen LogP contribution >= 0.6 is 0 Å². The Hall–Kier alpha value is -3.32. The zero-order valence-electron chi connectivity index (χ0n) is 19.9. The molecule has 1 aromatic heterocycles. The summed E-state index contributed by atoms with van der Waals surface area (Å²) >= 11 is 0. The molecule has 2 heterocycles. The van der Waals surface area contributed by atoms with E-state index in [4.69, 9.17) is 5.26 Å². The topological polar surface area (TPSA) is 84.3 Å². The number of hydrogen-bond acceptors (Lipinski definition) is 6. The number of nitrogens with one attached hydrogen (secondary N) is 2. The Bertz CT molecular complexity index is 983. The lowest BCUT2D eigenvalue weighted by atomic mass is 9.99. The standard InChI is InChI=1S/C25H31F3N6O/c1-18(2)17-21(24(35)31-12-10-29)32-23(25(26,27)28)19-6-8-20(9-7-19)33-13-15-34(16-14-33)22-5-3-4-11-30-22/h3-9,11,18,21,23,32H,12-17H2,1-2H3,(H,31,35)/t21-,23?/m0/s1. The van der Waals surface area contributed by atoms with Gasteiger partial charge in [-0.05, 0) is 42.2 Å². The van der Waals surface area contributed by atoms with Gasteiger partial charge < -0.3 is 15.1 Å². The van der Waals surface area contributed by atoms with Gasteiger partial charge >= 0.3 is 6.18 Å². The molecule has 2 aromatic rings. The molecule has 1 amide bonds. The van der Waals surface area contributed by atoms with E-state index in [0.29, 0.717) is 0 Å². The van der Waals surface area contributed by atoms with Crippen LogP contribution in [0.1, 0.15) is 31.9 Å². The molecule has 3 rings (SSSR count).